The van der Waals surface area contributed by atoms with Crippen molar-refractivity contribution in [3.8, 4) is 0 Å². The second-order valence-electron chi connectivity index (χ2n) is 8.22. The zero-order chi connectivity index (χ0) is 27.1. The third kappa shape index (κ3) is 22.6. The van der Waals surface area contributed by atoms with Gasteiger partial charge in [0.2, 0.25) is 0 Å². The number of rotatable bonds is 10. The van der Waals surface area contributed by atoms with Crippen molar-refractivity contribution in [2.24, 2.45) is 5.92 Å². The van der Waals surface area contributed by atoms with Gasteiger partial charge in [-0.25, -0.2) is 9.59 Å². The van der Waals surface area contributed by atoms with Crippen LogP contribution in [0.3, 0.4) is 0 Å². The highest BCUT2D eigenvalue weighted by atomic mass is 16.4. The van der Waals surface area contributed by atoms with E-state index in [1.165, 1.54) is 19.3 Å². The Hall–Kier alpha value is -2.96. The quantitative estimate of drug-likeness (QED) is 0.277. The van der Waals surface area contributed by atoms with E-state index in [0.29, 0.717) is 17.5 Å². The van der Waals surface area contributed by atoms with Crippen LogP contribution < -0.4 is 0 Å². The first-order valence-corrected chi connectivity index (χ1v) is 12.1. The molecule has 0 amide bonds. The third-order valence-corrected chi connectivity index (χ3v) is 4.69. The van der Waals surface area contributed by atoms with Crippen molar-refractivity contribution in [1.29, 1.82) is 0 Å². The topological polar surface area (TPSA) is 115 Å². The Morgan fingerprint density at radius 1 is 0.800 bits per heavy atom. The molecule has 0 radical (unpaired) electrons. The molecule has 0 aliphatic heterocycles. The van der Waals surface area contributed by atoms with E-state index in [1.807, 2.05) is 13.0 Å². The lowest BCUT2D eigenvalue weighted by Crippen LogP contribution is -2.13. The van der Waals surface area contributed by atoms with Crippen LogP contribution in [0.25, 0.3) is 0 Å². The lowest BCUT2D eigenvalue weighted by atomic mass is 10.1. The standard InChI is InChI=1S/C8H16.2C7H6O2.C7H16O2/c1-4-6-7-8(3)5-2;2*8-7(9)6-4-2-1-3-5-6;1-3-4-7(9)5-6(2)8/h5,8H,2,4,6-7H2,1,3H3;2*1-5H,(H,8,9);6-9H,3-5H2,1-2H3. The van der Waals surface area contributed by atoms with E-state index in [-0.39, 0.29) is 12.2 Å². The Morgan fingerprint density at radius 2 is 1.23 bits per heavy atom. The van der Waals surface area contributed by atoms with Crippen LogP contribution in [0.15, 0.2) is 73.3 Å². The molecule has 2 aromatic carbocycles. The number of unbranched alkanes of at least 4 members (excludes halogenated alkanes) is 1. The van der Waals surface area contributed by atoms with Gasteiger partial charge in [-0.05, 0) is 56.4 Å². The summed E-state index contributed by atoms with van der Waals surface area (Å²) in [4.78, 5) is 20.4. The second-order valence-corrected chi connectivity index (χ2v) is 8.22. The van der Waals surface area contributed by atoms with E-state index in [0.717, 1.165) is 18.8 Å². The van der Waals surface area contributed by atoms with Gasteiger partial charge >= 0.3 is 11.9 Å². The van der Waals surface area contributed by atoms with Crippen LogP contribution in [0.4, 0.5) is 0 Å². The fourth-order valence-corrected chi connectivity index (χ4v) is 2.65. The van der Waals surface area contributed by atoms with E-state index >= 15 is 0 Å². The highest BCUT2D eigenvalue weighted by molar-refractivity contribution is 5.87. The molecule has 3 atom stereocenters. The Balaban J connectivity index is 0. The molecule has 0 heterocycles. The highest BCUT2D eigenvalue weighted by Crippen LogP contribution is 2.07. The number of carbonyl (C=O) groups is 2. The van der Waals surface area contributed by atoms with Crippen LogP contribution in [0.1, 0.15) is 86.9 Å². The van der Waals surface area contributed by atoms with Crippen LogP contribution in [0, 0.1) is 5.92 Å². The molecule has 0 saturated heterocycles. The third-order valence-electron chi connectivity index (χ3n) is 4.69. The number of hydrogen-bond acceptors (Lipinski definition) is 4. The molecular formula is C29H44O6. The summed E-state index contributed by atoms with van der Waals surface area (Å²) in [5.74, 6) is -1.04. The first kappa shape index (κ1) is 34.2. The van der Waals surface area contributed by atoms with Crippen LogP contribution in [0.2, 0.25) is 0 Å². The Morgan fingerprint density at radius 3 is 1.49 bits per heavy atom. The summed E-state index contributed by atoms with van der Waals surface area (Å²) in [6.07, 6.45) is 7.58. The Labute approximate surface area is 211 Å². The minimum Gasteiger partial charge on any atom is -0.478 e. The molecule has 0 aliphatic rings. The minimum absolute atomic E-state index is 0.310. The maximum atomic E-state index is 10.2. The van der Waals surface area contributed by atoms with Crippen LogP contribution in [-0.4, -0.2) is 44.6 Å². The van der Waals surface area contributed by atoms with Crippen molar-refractivity contribution in [2.75, 3.05) is 0 Å². The van der Waals surface area contributed by atoms with E-state index in [2.05, 4.69) is 20.4 Å². The summed E-state index contributed by atoms with van der Waals surface area (Å²) < 4.78 is 0. The van der Waals surface area contributed by atoms with E-state index < -0.39 is 11.9 Å². The first-order valence-electron chi connectivity index (χ1n) is 12.1. The average molecular weight is 489 g/mol. The smallest absolute Gasteiger partial charge is 0.335 e. The number of aromatic carboxylic acids is 2. The fraction of sp³-hybridized carbons (Fsp3) is 0.448. The van der Waals surface area contributed by atoms with Crippen LogP contribution in [-0.2, 0) is 0 Å². The molecule has 196 valence electrons. The Bertz CT molecular complexity index is 725. The Kier molecular flexibility index (Phi) is 22.3. The number of allylic oxidation sites excluding steroid dienone is 1. The monoisotopic (exact) mass is 488 g/mol. The summed E-state index contributed by atoms with van der Waals surface area (Å²) >= 11 is 0. The molecule has 2 aromatic rings. The van der Waals surface area contributed by atoms with Gasteiger partial charge in [0.1, 0.15) is 0 Å². The van der Waals surface area contributed by atoms with Gasteiger partial charge in [0.05, 0.1) is 23.3 Å². The molecule has 35 heavy (non-hydrogen) atoms. The molecule has 0 spiro atoms. The molecule has 6 nitrogen and oxygen atoms in total. The lowest BCUT2D eigenvalue weighted by molar-refractivity contribution is 0.0686. The minimum atomic E-state index is -0.879. The molecule has 0 fully saturated rings. The SMILES string of the molecule is C=CC(C)CCCC.CCCC(O)CC(C)O.O=C(O)c1ccccc1.O=C(O)c1ccccc1. The van der Waals surface area contributed by atoms with E-state index in [1.54, 1.807) is 67.6 Å². The number of carboxylic acids is 2. The van der Waals surface area contributed by atoms with Crippen LogP contribution in [0.5, 0.6) is 0 Å². The van der Waals surface area contributed by atoms with Gasteiger partial charge in [-0.1, -0.05) is 82.5 Å². The van der Waals surface area contributed by atoms with E-state index in [9.17, 15) is 9.59 Å². The predicted molar refractivity (Wildman–Crippen MR) is 143 cm³/mol. The number of hydrogen-bond donors (Lipinski definition) is 4. The number of carboxylic acid groups (broad SMARTS) is 2. The molecule has 0 aliphatic carbocycles. The normalized spacial score (nSPS) is 12.1. The first-order chi connectivity index (χ1) is 16.6. The van der Waals surface area contributed by atoms with Gasteiger partial charge in [-0.3, -0.25) is 0 Å². The molecule has 6 heteroatoms. The molecule has 0 aromatic heterocycles. The molecule has 3 unspecified atom stereocenters. The van der Waals surface area contributed by atoms with Gasteiger partial charge in [-0.15, -0.1) is 6.58 Å². The predicted octanol–water partition coefficient (Wildman–Crippen LogP) is 6.69. The zero-order valence-corrected chi connectivity index (χ0v) is 21.6. The lowest BCUT2D eigenvalue weighted by Gasteiger charge is -2.09. The second kappa shape index (κ2) is 22.8. The van der Waals surface area contributed by atoms with Gasteiger partial charge < -0.3 is 20.4 Å². The highest BCUT2D eigenvalue weighted by Gasteiger charge is 2.05. The van der Waals surface area contributed by atoms with Gasteiger partial charge in [0.25, 0.3) is 0 Å². The van der Waals surface area contributed by atoms with Crippen LogP contribution >= 0.6 is 0 Å². The summed E-state index contributed by atoms with van der Waals surface area (Å²) in [7, 11) is 0. The van der Waals surface area contributed by atoms with Gasteiger partial charge in [-0.2, -0.15) is 0 Å². The fourth-order valence-electron chi connectivity index (χ4n) is 2.65. The number of benzene rings is 2. The van der Waals surface area contributed by atoms with Crippen molar-refractivity contribution >= 4 is 11.9 Å². The van der Waals surface area contributed by atoms with Crippen molar-refractivity contribution in [2.45, 2.75) is 78.4 Å². The molecule has 0 bridgehead atoms. The van der Waals surface area contributed by atoms with Crippen molar-refractivity contribution in [1.82, 2.24) is 0 Å². The maximum absolute atomic E-state index is 10.2. The molecule has 2 rings (SSSR count). The maximum Gasteiger partial charge on any atom is 0.335 e. The molecular weight excluding hydrogens is 444 g/mol. The van der Waals surface area contributed by atoms with Crippen molar-refractivity contribution in [3.05, 3.63) is 84.4 Å². The summed E-state index contributed by atoms with van der Waals surface area (Å²) in [5, 5.41) is 34.6. The largest absolute Gasteiger partial charge is 0.478 e. The molecule has 0 saturated carbocycles. The average Bonchev–Trinajstić information content (AvgIpc) is 2.84. The number of aliphatic hydroxyl groups excluding tert-OH is 2. The summed E-state index contributed by atoms with van der Waals surface area (Å²) in [6, 6.07) is 16.6. The van der Waals surface area contributed by atoms with Gasteiger partial charge in [0.15, 0.2) is 0 Å². The van der Waals surface area contributed by atoms with Gasteiger partial charge in [0, 0.05) is 0 Å². The van der Waals surface area contributed by atoms with E-state index in [4.69, 9.17) is 20.4 Å². The van der Waals surface area contributed by atoms with Crippen molar-refractivity contribution < 1.29 is 30.0 Å². The number of aliphatic hydroxyl groups is 2. The molecule has 4 N–H and O–H groups in total. The summed E-state index contributed by atoms with van der Waals surface area (Å²) in [6.45, 7) is 11.9. The zero-order valence-electron chi connectivity index (χ0n) is 21.6. The summed E-state index contributed by atoms with van der Waals surface area (Å²) in [5.41, 5.74) is 0.662. The van der Waals surface area contributed by atoms with Crippen molar-refractivity contribution in [3.63, 3.8) is 0 Å².